The van der Waals surface area contributed by atoms with Crippen LogP contribution in [0.25, 0.3) is 0 Å². The lowest BCUT2D eigenvalue weighted by Gasteiger charge is -2.01. The second-order valence-electron chi connectivity index (χ2n) is 3.01. The lowest BCUT2D eigenvalue weighted by molar-refractivity contribution is 0.917. The molecule has 0 heterocycles. The van der Waals surface area contributed by atoms with Gasteiger partial charge in [0, 0.05) is 5.88 Å². The van der Waals surface area contributed by atoms with Crippen LogP contribution in [0.4, 0.5) is 0 Å². The van der Waals surface area contributed by atoms with E-state index < -0.39 is 0 Å². The average molecular weight is 183 g/mol. The zero-order valence-electron chi connectivity index (χ0n) is 7.52. The fraction of sp³-hybridized carbons (Fsp3) is 0.455. The van der Waals surface area contributed by atoms with Crippen molar-refractivity contribution in [2.75, 3.05) is 5.88 Å². The molecule has 0 aliphatic heterocycles. The van der Waals surface area contributed by atoms with Crippen LogP contribution in [0.5, 0.6) is 0 Å². The molecule has 0 aromatic heterocycles. The molecule has 12 heavy (non-hydrogen) atoms. The molecule has 0 aliphatic rings. The maximum Gasteiger partial charge on any atom is 0.0263 e. The fourth-order valence-electron chi connectivity index (χ4n) is 1.34. The SMILES string of the molecule is CCCc1cccc(CCCl)c1. The number of alkyl halides is 1. The number of benzene rings is 1. The van der Waals surface area contributed by atoms with E-state index in [1.807, 2.05) is 0 Å². The molecule has 1 heteroatoms. The minimum absolute atomic E-state index is 0.718. The van der Waals surface area contributed by atoms with Gasteiger partial charge in [0.05, 0.1) is 0 Å². The van der Waals surface area contributed by atoms with Crippen LogP contribution in [-0.2, 0) is 12.8 Å². The molecule has 0 fully saturated rings. The van der Waals surface area contributed by atoms with Crippen molar-refractivity contribution in [2.45, 2.75) is 26.2 Å². The van der Waals surface area contributed by atoms with Gasteiger partial charge in [-0.05, 0) is 24.0 Å². The number of hydrogen-bond donors (Lipinski definition) is 0. The molecule has 0 saturated carbocycles. The Labute approximate surface area is 79.6 Å². The number of aryl methyl sites for hydroxylation is 2. The highest BCUT2D eigenvalue weighted by molar-refractivity contribution is 6.17. The normalized spacial score (nSPS) is 10.2. The highest BCUT2D eigenvalue weighted by atomic mass is 35.5. The van der Waals surface area contributed by atoms with Crippen molar-refractivity contribution in [1.82, 2.24) is 0 Å². The van der Waals surface area contributed by atoms with Gasteiger partial charge >= 0.3 is 0 Å². The summed E-state index contributed by atoms with van der Waals surface area (Å²) in [6.45, 7) is 2.20. The number of rotatable bonds is 4. The molecule has 1 rings (SSSR count). The molecule has 0 spiro atoms. The predicted octanol–water partition coefficient (Wildman–Crippen LogP) is 3.42. The summed E-state index contributed by atoms with van der Waals surface area (Å²) in [6.07, 6.45) is 3.37. The Morgan fingerprint density at radius 1 is 1.17 bits per heavy atom. The summed E-state index contributed by atoms with van der Waals surface area (Å²) in [5, 5.41) is 0. The topological polar surface area (TPSA) is 0 Å². The molecule has 0 nitrogen and oxygen atoms in total. The van der Waals surface area contributed by atoms with Crippen LogP contribution in [0.3, 0.4) is 0 Å². The first-order valence-electron chi connectivity index (χ1n) is 4.50. The molecule has 0 bridgehead atoms. The Morgan fingerprint density at radius 2 is 1.83 bits per heavy atom. The van der Waals surface area contributed by atoms with Crippen LogP contribution in [0.2, 0.25) is 0 Å². The summed E-state index contributed by atoms with van der Waals surface area (Å²) in [7, 11) is 0. The molecule has 66 valence electrons. The van der Waals surface area contributed by atoms with Crippen molar-refractivity contribution in [3.63, 3.8) is 0 Å². The Hall–Kier alpha value is -0.490. The Kier molecular flexibility index (Phi) is 4.16. The second kappa shape index (κ2) is 5.21. The predicted molar refractivity (Wildman–Crippen MR) is 54.9 cm³/mol. The number of halogens is 1. The Bertz CT molecular complexity index is 209. The lowest BCUT2D eigenvalue weighted by Crippen LogP contribution is -1.89. The molecule has 0 aliphatic carbocycles. The zero-order valence-corrected chi connectivity index (χ0v) is 8.27. The smallest absolute Gasteiger partial charge is 0.0263 e. The van der Waals surface area contributed by atoms with Crippen molar-refractivity contribution in [2.24, 2.45) is 0 Å². The third-order valence-electron chi connectivity index (χ3n) is 1.91. The van der Waals surface area contributed by atoms with Crippen LogP contribution >= 0.6 is 11.6 Å². The molecule has 0 saturated heterocycles. The van der Waals surface area contributed by atoms with Crippen molar-refractivity contribution < 1.29 is 0 Å². The highest BCUT2D eigenvalue weighted by Gasteiger charge is 1.94. The summed E-state index contributed by atoms with van der Waals surface area (Å²) >= 11 is 5.67. The van der Waals surface area contributed by atoms with E-state index in [1.165, 1.54) is 24.0 Å². The first-order valence-corrected chi connectivity index (χ1v) is 5.04. The van der Waals surface area contributed by atoms with Crippen LogP contribution < -0.4 is 0 Å². The van der Waals surface area contributed by atoms with E-state index in [4.69, 9.17) is 11.6 Å². The van der Waals surface area contributed by atoms with E-state index >= 15 is 0 Å². The van der Waals surface area contributed by atoms with Gasteiger partial charge in [0.1, 0.15) is 0 Å². The minimum Gasteiger partial charge on any atom is -0.126 e. The van der Waals surface area contributed by atoms with E-state index in [-0.39, 0.29) is 0 Å². The van der Waals surface area contributed by atoms with Crippen molar-refractivity contribution >= 4 is 11.6 Å². The summed E-state index contributed by atoms with van der Waals surface area (Å²) in [6, 6.07) is 8.70. The minimum atomic E-state index is 0.718. The van der Waals surface area contributed by atoms with Crippen LogP contribution in [-0.4, -0.2) is 5.88 Å². The van der Waals surface area contributed by atoms with Crippen molar-refractivity contribution in [1.29, 1.82) is 0 Å². The van der Waals surface area contributed by atoms with Gasteiger partial charge in [-0.15, -0.1) is 11.6 Å². The highest BCUT2D eigenvalue weighted by Crippen LogP contribution is 2.08. The average Bonchev–Trinajstić information content (AvgIpc) is 2.06. The third kappa shape index (κ3) is 2.86. The molecule has 0 N–H and O–H groups in total. The van der Waals surface area contributed by atoms with E-state index in [9.17, 15) is 0 Å². The first-order chi connectivity index (χ1) is 5.86. The molecule has 0 atom stereocenters. The van der Waals surface area contributed by atoms with Gasteiger partial charge in [-0.25, -0.2) is 0 Å². The van der Waals surface area contributed by atoms with Crippen LogP contribution in [0, 0.1) is 0 Å². The Balaban J connectivity index is 2.67. The molecule has 1 aromatic carbocycles. The fourth-order valence-corrected chi connectivity index (χ4v) is 1.56. The van der Waals surface area contributed by atoms with Gasteiger partial charge in [0.2, 0.25) is 0 Å². The summed E-state index contributed by atoms with van der Waals surface area (Å²) in [5.41, 5.74) is 2.79. The molecular weight excluding hydrogens is 168 g/mol. The van der Waals surface area contributed by atoms with E-state index in [0.717, 1.165) is 12.3 Å². The quantitative estimate of drug-likeness (QED) is 0.626. The van der Waals surface area contributed by atoms with Gasteiger partial charge in [-0.1, -0.05) is 37.6 Å². The van der Waals surface area contributed by atoms with Gasteiger partial charge < -0.3 is 0 Å². The van der Waals surface area contributed by atoms with E-state index in [0.29, 0.717) is 0 Å². The summed E-state index contributed by atoms with van der Waals surface area (Å²) in [4.78, 5) is 0. The molecular formula is C11H15Cl. The van der Waals surface area contributed by atoms with Gasteiger partial charge in [-0.3, -0.25) is 0 Å². The molecule has 0 radical (unpaired) electrons. The first kappa shape index (κ1) is 9.60. The standard InChI is InChI=1S/C11H15Cl/c1-2-4-10-5-3-6-11(9-10)7-8-12/h3,5-6,9H,2,4,7-8H2,1H3. The van der Waals surface area contributed by atoms with E-state index in [1.54, 1.807) is 0 Å². The maximum atomic E-state index is 5.67. The van der Waals surface area contributed by atoms with Crippen molar-refractivity contribution in [3.8, 4) is 0 Å². The molecule has 1 aromatic rings. The maximum absolute atomic E-state index is 5.67. The largest absolute Gasteiger partial charge is 0.126 e. The van der Waals surface area contributed by atoms with Gasteiger partial charge in [0.15, 0.2) is 0 Å². The monoisotopic (exact) mass is 182 g/mol. The third-order valence-corrected chi connectivity index (χ3v) is 2.10. The van der Waals surface area contributed by atoms with Gasteiger partial charge in [0.25, 0.3) is 0 Å². The van der Waals surface area contributed by atoms with Crippen molar-refractivity contribution in [3.05, 3.63) is 35.4 Å². The zero-order chi connectivity index (χ0) is 8.81. The van der Waals surface area contributed by atoms with E-state index in [2.05, 4.69) is 31.2 Å². The lowest BCUT2D eigenvalue weighted by atomic mass is 10.1. The number of hydrogen-bond acceptors (Lipinski definition) is 0. The summed E-state index contributed by atoms with van der Waals surface area (Å²) in [5.74, 6) is 0.718. The van der Waals surface area contributed by atoms with Crippen LogP contribution in [0.1, 0.15) is 24.5 Å². The second-order valence-corrected chi connectivity index (χ2v) is 3.39. The summed E-state index contributed by atoms with van der Waals surface area (Å²) < 4.78 is 0. The Morgan fingerprint density at radius 3 is 2.42 bits per heavy atom. The van der Waals surface area contributed by atoms with Gasteiger partial charge in [-0.2, -0.15) is 0 Å². The molecule has 0 unspecified atom stereocenters. The van der Waals surface area contributed by atoms with Crippen LogP contribution in [0.15, 0.2) is 24.3 Å². The molecule has 0 amide bonds.